The minimum absolute atomic E-state index is 0.00929. The first-order valence-corrected chi connectivity index (χ1v) is 10.1. The average Bonchev–Trinajstić information content (AvgIpc) is 2.87. The largest absolute Gasteiger partial charge is 0.591 e. The van der Waals surface area contributed by atoms with Gasteiger partial charge < -0.3 is 14.0 Å². The van der Waals surface area contributed by atoms with Gasteiger partial charge >= 0.3 is 0 Å². The Labute approximate surface area is 154 Å². The van der Waals surface area contributed by atoms with E-state index in [-0.39, 0.29) is 10.2 Å². The summed E-state index contributed by atoms with van der Waals surface area (Å²) in [6, 6.07) is 6.21. The van der Waals surface area contributed by atoms with Gasteiger partial charge in [0.05, 0.1) is 13.2 Å². The third-order valence-electron chi connectivity index (χ3n) is 5.52. The van der Waals surface area contributed by atoms with Gasteiger partial charge in [-0.25, -0.2) is 0 Å². The van der Waals surface area contributed by atoms with Gasteiger partial charge in [-0.1, -0.05) is 10.5 Å². The van der Waals surface area contributed by atoms with Crippen LogP contribution in [0.3, 0.4) is 0 Å². The number of hydrogen-bond acceptors (Lipinski definition) is 4. The Morgan fingerprint density at radius 1 is 1.20 bits per heavy atom. The Morgan fingerprint density at radius 2 is 1.88 bits per heavy atom. The first-order valence-electron chi connectivity index (χ1n) is 9.00. The molecule has 1 aromatic rings. The lowest BCUT2D eigenvalue weighted by Crippen LogP contribution is -2.37. The highest BCUT2D eigenvalue weighted by Gasteiger charge is 2.47. The lowest BCUT2D eigenvalue weighted by Gasteiger charge is -2.37. The third-order valence-corrected chi connectivity index (χ3v) is 6.92. The summed E-state index contributed by atoms with van der Waals surface area (Å²) in [7, 11) is 3.47. The van der Waals surface area contributed by atoms with E-state index >= 15 is 0 Å². The fraction of sp³-hybridized carbons (Fsp3) is 0.650. The van der Waals surface area contributed by atoms with E-state index in [0.29, 0.717) is 6.10 Å². The van der Waals surface area contributed by atoms with Crippen molar-refractivity contribution < 1.29 is 14.0 Å². The molecule has 1 fully saturated rings. The zero-order valence-electron chi connectivity index (χ0n) is 15.9. The maximum Gasteiger partial charge on any atom is 0.144 e. The molecule has 3 rings (SSSR count). The second-order valence-electron chi connectivity index (χ2n) is 8.22. The summed E-state index contributed by atoms with van der Waals surface area (Å²) in [5, 5.41) is 0. The van der Waals surface area contributed by atoms with Crippen LogP contribution in [-0.4, -0.2) is 35.3 Å². The van der Waals surface area contributed by atoms with E-state index in [1.165, 1.54) is 5.56 Å². The molecule has 4 nitrogen and oxygen atoms in total. The number of rotatable bonds is 3. The summed E-state index contributed by atoms with van der Waals surface area (Å²) < 4.78 is 28.2. The lowest BCUT2D eigenvalue weighted by molar-refractivity contribution is 0.0468. The van der Waals surface area contributed by atoms with Crippen molar-refractivity contribution >= 4 is 17.1 Å². The monoisotopic (exact) mass is 363 g/mol. The molecule has 2 aliphatic rings. The highest BCUT2D eigenvalue weighted by molar-refractivity contribution is 7.91. The summed E-state index contributed by atoms with van der Waals surface area (Å²) in [6.07, 6.45) is 5.43. The Kier molecular flexibility index (Phi) is 5.20. The van der Waals surface area contributed by atoms with Gasteiger partial charge in [-0.2, -0.15) is 0 Å². The molecule has 1 spiro atoms. The second kappa shape index (κ2) is 6.93. The van der Waals surface area contributed by atoms with Gasteiger partial charge in [0.1, 0.15) is 27.6 Å². The molecule has 0 amide bonds. The van der Waals surface area contributed by atoms with Crippen LogP contribution in [0.2, 0.25) is 0 Å². The smallest absolute Gasteiger partial charge is 0.144 e. The SMILES string of the molecule is COc1ccc2c(c1)/C(=N\[S+]([O-])C(C)(C)C)C1(CCC(OC)CC1)C2. The van der Waals surface area contributed by atoms with Crippen molar-refractivity contribution in [1.82, 2.24) is 0 Å². The van der Waals surface area contributed by atoms with Crippen LogP contribution in [0.1, 0.15) is 57.6 Å². The fourth-order valence-electron chi connectivity index (χ4n) is 3.95. The van der Waals surface area contributed by atoms with Crippen LogP contribution in [-0.2, 0) is 22.5 Å². The quantitative estimate of drug-likeness (QED) is 0.761. The summed E-state index contributed by atoms with van der Waals surface area (Å²) in [5.41, 5.74) is 3.42. The van der Waals surface area contributed by atoms with Crippen molar-refractivity contribution in [3.63, 3.8) is 0 Å². The van der Waals surface area contributed by atoms with Gasteiger partial charge in [0.25, 0.3) is 0 Å². The van der Waals surface area contributed by atoms with E-state index in [1.54, 1.807) is 14.2 Å². The molecule has 0 aromatic heterocycles. The van der Waals surface area contributed by atoms with E-state index in [9.17, 15) is 4.55 Å². The third kappa shape index (κ3) is 3.60. The molecule has 2 aliphatic carbocycles. The van der Waals surface area contributed by atoms with Crippen molar-refractivity contribution in [1.29, 1.82) is 0 Å². The Balaban J connectivity index is 2.03. The first-order chi connectivity index (χ1) is 11.8. The number of hydrogen-bond donors (Lipinski definition) is 0. The van der Waals surface area contributed by atoms with Crippen LogP contribution < -0.4 is 4.74 Å². The van der Waals surface area contributed by atoms with Gasteiger partial charge in [-0.3, -0.25) is 0 Å². The average molecular weight is 364 g/mol. The molecule has 1 unspecified atom stereocenters. The normalized spacial score (nSPS) is 29.0. The number of nitrogens with zero attached hydrogens (tertiary/aromatic N) is 1. The standard InChI is InChI=1S/C20H29NO3S/c1-19(2,3)25(22)21-18-17-12-16(24-5)7-6-14(17)13-20(18)10-8-15(23-4)9-11-20/h6-7,12,15H,8-11,13H2,1-5H3/b21-18+. The first kappa shape index (κ1) is 18.7. The molecule has 25 heavy (non-hydrogen) atoms. The number of benzene rings is 1. The molecule has 1 atom stereocenters. The molecule has 0 aliphatic heterocycles. The molecule has 0 saturated heterocycles. The van der Waals surface area contributed by atoms with E-state index in [4.69, 9.17) is 13.9 Å². The molecule has 0 N–H and O–H groups in total. The van der Waals surface area contributed by atoms with Crippen molar-refractivity contribution in [3.05, 3.63) is 29.3 Å². The Morgan fingerprint density at radius 3 is 2.44 bits per heavy atom. The minimum atomic E-state index is -1.27. The molecular formula is C20H29NO3S. The second-order valence-corrected chi connectivity index (χ2v) is 10.1. The van der Waals surface area contributed by atoms with Crippen LogP contribution in [0.4, 0.5) is 0 Å². The predicted octanol–water partition coefficient (Wildman–Crippen LogP) is 4.08. The van der Waals surface area contributed by atoms with E-state index in [0.717, 1.165) is 49.1 Å². The molecule has 0 radical (unpaired) electrons. The van der Waals surface area contributed by atoms with Crippen LogP contribution in [0.15, 0.2) is 22.6 Å². The van der Waals surface area contributed by atoms with Crippen molar-refractivity contribution in [2.75, 3.05) is 14.2 Å². The van der Waals surface area contributed by atoms with Crippen molar-refractivity contribution in [3.8, 4) is 5.75 Å². The molecule has 1 aromatic carbocycles. The zero-order valence-corrected chi connectivity index (χ0v) is 16.7. The Hall–Kier alpha value is -1.04. The topological polar surface area (TPSA) is 53.9 Å². The summed E-state index contributed by atoms with van der Waals surface area (Å²) in [5.74, 6) is 0.829. The summed E-state index contributed by atoms with van der Waals surface area (Å²) in [4.78, 5) is 0. The van der Waals surface area contributed by atoms with Gasteiger partial charge in [-0.15, -0.1) is 0 Å². The van der Waals surface area contributed by atoms with Crippen LogP contribution in [0.25, 0.3) is 0 Å². The lowest BCUT2D eigenvalue weighted by atomic mass is 9.70. The van der Waals surface area contributed by atoms with Crippen molar-refractivity contribution in [2.45, 2.75) is 63.7 Å². The molecular weight excluding hydrogens is 334 g/mol. The summed E-state index contributed by atoms with van der Waals surface area (Å²) >= 11 is -1.27. The van der Waals surface area contributed by atoms with Crippen LogP contribution >= 0.6 is 0 Å². The number of methoxy groups -OCH3 is 2. The zero-order chi connectivity index (χ0) is 18.2. The Bertz CT molecular complexity index is 657. The van der Waals surface area contributed by atoms with Gasteiger partial charge in [-0.05, 0) is 70.6 Å². The molecule has 5 heteroatoms. The number of ether oxygens (including phenoxy) is 2. The van der Waals surface area contributed by atoms with E-state index < -0.39 is 11.4 Å². The molecule has 138 valence electrons. The highest BCUT2D eigenvalue weighted by atomic mass is 32.2. The number of fused-ring (bicyclic) bond motifs is 1. The fourth-order valence-corrected chi connectivity index (χ4v) is 4.68. The van der Waals surface area contributed by atoms with Crippen LogP contribution in [0.5, 0.6) is 5.75 Å². The van der Waals surface area contributed by atoms with E-state index in [2.05, 4.69) is 12.1 Å². The van der Waals surface area contributed by atoms with Crippen LogP contribution in [0, 0.1) is 5.41 Å². The molecule has 0 bridgehead atoms. The van der Waals surface area contributed by atoms with E-state index in [1.807, 2.05) is 26.8 Å². The predicted molar refractivity (Wildman–Crippen MR) is 103 cm³/mol. The molecule has 1 saturated carbocycles. The maximum absolute atomic E-state index is 12.8. The summed E-state index contributed by atoms with van der Waals surface area (Å²) in [6.45, 7) is 5.93. The maximum atomic E-state index is 12.8. The van der Waals surface area contributed by atoms with Crippen molar-refractivity contribution in [2.24, 2.45) is 9.81 Å². The van der Waals surface area contributed by atoms with Gasteiger partial charge in [0.2, 0.25) is 0 Å². The van der Waals surface area contributed by atoms with Gasteiger partial charge in [0.15, 0.2) is 0 Å². The molecule has 0 heterocycles. The highest BCUT2D eigenvalue weighted by Crippen LogP contribution is 2.49. The minimum Gasteiger partial charge on any atom is -0.591 e. The van der Waals surface area contributed by atoms with Gasteiger partial charge in [0, 0.05) is 18.1 Å².